The van der Waals surface area contributed by atoms with Gasteiger partial charge in [-0.15, -0.1) is 0 Å². The van der Waals surface area contributed by atoms with Crippen LogP contribution in [-0.2, 0) is 9.47 Å². The lowest BCUT2D eigenvalue weighted by molar-refractivity contribution is -0.120. The van der Waals surface area contributed by atoms with Crippen LogP contribution in [0.5, 0.6) is 5.75 Å². The van der Waals surface area contributed by atoms with Gasteiger partial charge in [-0.1, -0.05) is 29.4 Å². The van der Waals surface area contributed by atoms with E-state index in [1.54, 1.807) is 18.2 Å². The molecule has 3 aliphatic rings. The standard InChI is InChI=1S/C20H18ClFN4O4S/c21-9-4-11-18(25-17(9)23-12-6-28-13-3-1-2-10(22)15(12)13)26-20(24-11)31-14-7-29-16-8(14)5-30-19(16)27/h1-4,8,12,14,16,19,27H,5-7H2,(H2,23,24,25,26)/t8-,12?,14-,16+,19-/m1/s1. The summed E-state index contributed by atoms with van der Waals surface area (Å²) in [6.45, 7) is 1.26. The number of fused-ring (bicyclic) bond motifs is 3. The van der Waals surface area contributed by atoms with Crippen LogP contribution >= 0.6 is 23.4 Å². The topological polar surface area (TPSA) is 102 Å². The summed E-state index contributed by atoms with van der Waals surface area (Å²) in [7, 11) is 0. The summed E-state index contributed by atoms with van der Waals surface area (Å²) in [5.41, 5.74) is 1.67. The molecule has 2 aromatic heterocycles. The van der Waals surface area contributed by atoms with Gasteiger partial charge in [-0.3, -0.25) is 0 Å². The van der Waals surface area contributed by atoms with Crippen LogP contribution in [-0.4, -0.2) is 57.5 Å². The first-order chi connectivity index (χ1) is 15.1. The average Bonchev–Trinajstić information content (AvgIpc) is 3.50. The Morgan fingerprint density at radius 1 is 1.23 bits per heavy atom. The lowest BCUT2D eigenvalue weighted by atomic mass is 10.1. The van der Waals surface area contributed by atoms with E-state index in [-0.39, 0.29) is 29.7 Å². The molecule has 5 atom stereocenters. The molecular formula is C20H18ClFN4O4S. The Bertz CT molecular complexity index is 1160. The summed E-state index contributed by atoms with van der Waals surface area (Å²) in [4.78, 5) is 12.4. The Morgan fingerprint density at radius 2 is 2.13 bits per heavy atom. The van der Waals surface area contributed by atoms with Crippen molar-refractivity contribution in [2.24, 2.45) is 5.92 Å². The Labute approximate surface area is 185 Å². The number of nitrogens with zero attached hydrogens (tertiary/aromatic N) is 2. The second kappa shape index (κ2) is 7.49. The molecule has 5 heterocycles. The van der Waals surface area contributed by atoms with E-state index in [0.29, 0.717) is 51.7 Å². The molecule has 1 unspecified atom stereocenters. The summed E-state index contributed by atoms with van der Waals surface area (Å²) in [6.07, 6.45) is -1.16. The van der Waals surface area contributed by atoms with Crippen molar-refractivity contribution in [1.82, 2.24) is 15.0 Å². The number of aromatic nitrogens is 3. The minimum absolute atomic E-state index is 0.110. The maximum absolute atomic E-state index is 14.3. The first-order valence-electron chi connectivity index (χ1n) is 9.89. The van der Waals surface area contributed by atoms with Crippen molar-refractivity contribution in [3.8, 4) is 5.75 Å². The number of hydrogen-bond acceptors (Lipinski definition) is 8. The average molecular weight is 465 g/mol. The van der Waals surface area contributed by atoms with Crippen molar-refractivity contribution in [3.05, 3.63) is 40.7 Å². The van der Waals surface area contributed by atoms with Crippen molar-refractivity contribution >= 4 is 40.3 Å². The number of benzene rings is 1. The summed E-state index contributed by atoms with van der Waals surface area (Å²) in [5, 5.41) is 14.2. The normalized spacial score (nSPS) is 29.2. The molecule has 0 saturated carbocycles. The molecule has 0 spiro atoms. The van der Waals surface area contributed by atoms with E-state index in [0.717, 1.165) is 0 Å². The van der Waals surface area contributed by atoms with Crippen LogP contribution in [0.15, 0.2) is 29.4 Å². The maximum atomic E-state index is 14.3. The monoisotopic (exact) mass is 464 g/mol. The lowest BCUT2D eigenvalue weighted by Crippen LogP contribution is -2.25. The van der Waals surface area contributed by atoms with Gasteiger partial charge in [0.15, 0.2) is 17.1 Å². The predicted octanol–water partition coefficient (Wildman–Crippen LogP) is 3.12. The van der Waals surface area contributed by atoms with Crippen LogP contribution in [0, 0.1) is 11.7 Å². The Morgan fingerprint density at radius 3 is 3.03 bits per heavy atom. The first kappa shape index (κ1) is 19.6. The molecule has 0 radical (unpaired) electrons. The maximum Gasteiger partial charge on any atom is 0.181 e. The zero-order valence-corrected chi connectivity index (χ0v) is 17.6. The second-order valence-electron chi connectivity index (χ2n) is 7.73. The fourth-order valence-corrected chi connectivity index (χ4v) is 5.65. The molecule has 1 aromatic carbocycles. The van der Waals surface area contributed by atoms with E-state index in [1.165, 1.54) is 17.8 Å². The summed E-state index contributed by atoms with van der Waals surface area (Å²) in [6, 6.07) is 6.11. The van der Waals surface area contributed by atoms with Crippen molar-refractivity contribution in [1.29, 1.82) is 0 Å². The summed E-state index contributed by atoms with van der Waals surface area (Å²) >= 11 is 7.98. The van der Waals surface area contributed by atoms with Gasteiger partial charge in [-0.25, -0.2) is 14.4 Å². The number of thioether (sulfide) groups is 1. The fourth-order valence-electron chi connectivity index (χ4n) is 4.30. The molecule has 0 amide bonds. The van der Waals surface area contributed by atoms with Gasteiger partial charge in [0, 0.05) is 11.2 Å². The van der Waals surface area contributed by atoms with Gasteiger partial charge in [-0.2, -0.15) is 0 Å². The highest BCUT2D eigenvalue weighted by atomic mass is 35.5. The quantitative estimate of drug-likeness (QED) is 0.541. The Hall–Kier alpha value is -2.11. The third-order valence-corrected chi connectivity index (χ3v) is 7.33. The van der Waals surface area contributed by atoms with Gasteiger partial charge in [0.2, 0.25) is 0 Å². The molecule has 2 saturated heterocycles. The highest BCUT2D eigenvalue weighted by molar-refractivity contribution is 7.99. The molecular weight excluding hydrogens is 447 g/mol. The molecule has 162 valence electrons. The molecule has 8 nitrogen and oxygen atoms in total. The van der Waals surface area contributed by atoms with Crippen molar-refractivity contribution < 1.29 is 23.7 Å². The summed E-state index contributed by atoms with van der Waals surface area (Å²) < 4.78 is 30.8. The van der Waals surface area contributed by atoms with Gasteiger partial charge >= 0.3 is 0 Å². The van der Waals surface area contributed by atoms with Crippen LogP contribution in [0.2, 0.25) is 5.02 Å². The van der Waals surface area contributed by atoms with E-state index in [1.807, 2.05) is 0 Å². The van der Waals surface area contributed by atoms with Gasteiger partial charge in [0.25, 0.3) is 0 Å². The Balaban J connectivity index is 1.24. The number of H-pyrrole nitrogens is 1. The molecule has 0 aliphatic carbocycles. The first-order valence-corrected chi connectivity index (χ1v) is 11.1. The van der Waals surface area contributed by atoms with Crippen molar-refractivity contribution in [3.63, 3.8) is 0 Å². The molecule has 11 heteroatoms. The van der Waals surface area contributed by atoms with Crippen LogP contribution in [0.3, 0.4) is 0 Å². The number of pyridine rings is 1. The fraction of sp³-hybridized carbons (Fsp3) is 0.400. The van der Waals surface area contributed by atoms with Gasteiger partial charge < -0.3 is 29.6 Å². The van der Waals surface area contributed by atoms with E-state index < -0.39 is 12.3 Å². The van der Waals surface area contributed by atoms with E-state index in [2.05, 4.69) is 20.3 Å². The summed E-state index contributed by atoms with van der Waals surface area (Å²) in [5.74, 6) is 0.713. The SMILES string of the molecule is O[C@@H]1OC[C@H]2[C@@H]1OC[C@H]2Sc1nc2nc(NC3COc4cccc(F)c43)c(Cl)cc2[nH]1. The minimum Gasteiger partial charge on any atom is -0.491 e. The number of anilines is 1. The van der Waals surface area contributed by atoms with Crippen LogP contribution in [0.4, 0.5) is 10.2 Å². The van der Waals surface area contributed by atoms with E-state index in [9.17, 15) is 9.50 Å². The van der Waals surface area contributed by atoms with Crippen molar-refractivity contribution in [2.75, 3.05) is 25.1 Å². The predicted molar refractivity (Wildman–Crippen MR) is 112 cm³/mol. The number of ether oxygens (including phenoxy) is 3. The number of rotatable bonds is 4. The molecule has 31 heavy (non-hydrogen) atoms. The van der Waals surface area contributed by atoms with Crippen molar-refractivity contribution in [2.45, 2.75) is 28.8 Å². The molecule has 6 rings (SSSR count). The van der Waals surface area contributed by atoms with Crippen LogP contribution in [0.1, 0.15) is 11.6 Å². The molecule has 3 aliphatic heterocycles. The highest BCUT2D eigenvalue weighted by Gasteiger charge is 2.47. The highest BCUT2D eigenvalue weighted by Crippen LogP contribution is 2.41. The molecule has 3 aromatic rings. The zero-order valence-electron chi connectivity index (χ0n) is 16.0. The zero-order chi connectivity index (χ0) is 21.1. The number of aliphatic hydroxyl groups excluding tert-OH is 1. The van der Waals surface area contributed by atoms with Crippen LogP contribution in [0.25, 0.3) is 11.2 Å². The molecule has 0 bridgehead atoms. The smallest absolute Gasteiger partial charge is 0.181 e. The number of aromatic amines is 1. The third-order valence-electron chi connectivity index (χ3n) is 5.84. The number of halogens is 2. The number of aliphatic hydroxyl groups is 1. The lowest BCUT2D eigenvalue weighted by Gasteiger charge is -2.14. The van der Waals surface area contributed by atoms with E-state index in [4.69, 9.17) is 25.8 Å². The minimum atomic E-state index is -0.866. The van der Waals surface area contributed by atoms with Gasteiger partial charge in [0.1, 0.15) is 30.1 Å². The van der Waals surface area contributed by atoms with Gasteiger partial charge in [0.05, 0.1) is 35.4 Å². The second-order valence-corrected chi connectivity index (χ2v) is 9.37. The number of nitrogens with one attached hydrogen (secondary N) is 2. The van der Waals surface area contributed by atoms with Crippen LogP contribution < -0.4 is 10.1 Å². The largest absolute Gasteiger partial charge is 0.491 e. The van der Waals surface area contributed by atoms with E-state index >= 15 is 0 Å². The molecule has 2 fully saturated rings. The molecule has 3 N–H and O–H groups in total. The Kier molecular flexibility index (Phi) is 4.73. The number of hydrogen-bond donors (Lipinski definition) is 3. The number of imidazole rings is 1. The van der Waals surface area contributed by atoms with Gasteiger partial charge in [-0.05, 0) is 18.2 Å². The third kappa shape index (κ3) is 3.33.